The van der Waals surface area contributed by atoms with Gasteiger partial charge in [-0.3, -0.25) is 4.79 Å². The summed E-state index contributed by atoms with van der Waals surface area (Å²) in [5, 5.41) is 16.1. The van der Waals surface area contributed by atoms with Gasteiger partial charge < -0.3 is 15.7 Å². The molecule has 0 bridgehead atoms. The Balaban J connectivity index is 1.82. The van der Waals surface area contributed by atoms with Crippen LogP contribution in [0.4, 0.5) is 5.69 Å². The highest BCUT2D eigenvalue weighted by Gasteiger charge is 2.06. The topological polar surface area (TPSA) is 61.4 Å². The molecular weight excluding hydrogens is 276 g/mol. The number of nitrogens with one attached hydrogen (secondary N) is 2. The first-order valence-corrected chi connectivity index (χ1v) is 7.36. The van der Waals surface area contributed by atoms with Crippen LogP contribution in [0, 0.1) is 6.92 Å². The second kappa shape index (κ2) is 7.73. The fraction of sp³-hybridized carbons (Fsp3) is 0.278. The molecule has 0 saturated carbocycles. The fourth-order valence-corrected chi connectivity index (χ4v) is 2.26. The van der Waals surface area contributed by atoms with Gasteiger partial charge in [-0.1, -0.05) is 42.0 Å². The number of aliphatic hydroxyl groups excluding tert-OH is 1. The van der Waals surface area contributed by atoms with E-state index < -0.39 is 6.10 Å². The lowest BCUT2D eigenvalue weighted by molar-refractivity contribution is -0.114. The fourth-order valence-electron chi connectivity index (χ4n) is 2.26. The highest BCUT2D eigenvalue weighted by Crippen LogP contribution is 2.14. The molecule has 1 amide bonds. The molecule has 1 atom stereocenters. The van der Waals surface area contributed by atoms with E-state index in [1.165, 1.54) is 6.92 Å². The summed E-state index contributed by atoms with van der Waals surface area (Å²) in [4.78, 5) is 11.0. The summed E-state index contributed by atoms with van der Waals surface area (Å²) in [6.45, 7) is 4.67. The monoisotopic (exact) mass is 298 g/mol. The molecule has 0 aromatic heterocycles. The summed E-state index contributed by atoms with van der Waals surface area (Å²) in [6, 6.07) is 15.5. The van der Waals surface area contributed by atoms with Gasteiger partial charge in [0.1, 0.15) is 0 Å². The van der Waals surface area contributed by atoms with Gasteiger partial charge >= 0.3 is 0 Å². The van der Waals surface area contributed by atoms with Gasteiger partial charge in [-0.05, 0) is 30.2 Å². The lowest BCUT2D eigenvalue weighted by atomic mass is 10.1. The Morgan fingerprint density at radius 3 is 2.55 bits per heavy atom. The van der Waals surface area contributed by atoms with Gasteiger partial charge in [-0.15, -0.1) is 0 Å². The Labute approximate surface area is 131 Å². The predicted octanol–water partition coefficient (Wildman–Crippen LogP) is 2.78. The van der Waals surface area contributed by atoms with Gasteiger partial charge in [0.2, 0.25) is 5.91 Å². The Kier molecular flexibility index (Phi) is 5.69. The number of aryl methyl sites for hydroxylation is 1. The van der Waals surface area contributed by atoms with Crippen molar-refractivity contribution in [2.24, 2.45) is 0 Å². The SMILES string of the molecule is CC(=O)Nc1ccc(CNCC(O)c2cccc(C)c2)cc1. The number of hydrogen-bond acceptors (Lipinski definition) is 3. The molecule has 0 aliphatic heterocycles. The summed E-state index contributed by atoms with van der Waals surface area (Å²) in [5.74, 6) is -0.0767. The van der Waals surface area contributed by atoms with Crippen molar-refractivity contribution >= 4 is 11.6 Å². The summed E-state index contributed by atoms with van der Waals surface area (Å²) in [6.07, 6.45) is -0.515. The molecule has 0 heterocycles. The molecule has 0 aliphatic carbocycles. The molecule has 0 radical (unpaired) electrons. The first kappa shape index (κ1) is 16.2. The minimum Gasteiger partial charge on any atom is -0.387 e. The van der Waals surface area contributed by atoms with Gasteiger partial charge in [0, 0.05) is 25.7 Å². The molecule has 2 aromatic carbocycles. The van der Waals surface area contributed by atoms with Gasteiger partial charge in [0.25, 0.3) is 0 Å². The van der Waals surface area contributed by atoms with Crippen LogP contribution in [0.25, 0.3) is 0 Å². The number of carbonyl (C=O) groups excluding carboxylic acids is 1. The van der Waals surface area contributed by atoms with Crippen molar-refractivity contribution < 1.29 is 9.90 Å². The van der Waals surface area contributed by atoms with E-state index in [4.69, 9.17) is 0 Å². The van der Waals surface area contributed by atoms with Gasteiger partial charge in [0.15, 0.2) is 0 Å². The zero-order valence-electron chi connectivity index (χ0n) is 13.0. The van der Waals surface area contributed by atoms with E-state index >= 15 is 0 Å². The van der Waals surface area contributed by atoms with Gasteiger partial charge in [-0.2, -0.15) is 0 Å². The van der Waals surface area contributed by atoms with Crippen molar-refractivity contribution in [3.05, 3.63) is 65.2 Å². The molecule has 0 saturated heterocycles. The Morgan fingerprint density at radius 1 is 1.18 bits per heavy atom. The molecule has 116 valence electrons. The summed E-state index contributed by atoms with van der Waals surface area (Å²) < 4.78 is 0. The molecule has 2 rings (SSSR count). The number of carbonyl (C=O) groups is 1. The average molecular weight is 298 g/mol. The van der Waals surface area contributed by atoms with Crippen molar-refractivity contribution in [3.8, 4) is 0 Å². The molecular formula is C18H22N2O2. The van der Waals surface area contributed by atoms with E-state index in [0.29, 0.717) is 13.1 Å². The molecule has 4 heteroatoms. The summed E-state index contributed by atoms with van der Waals surface area (Å²) >= 11 is 0. The second-order valence-corrected chi connectivity index (χ2v) is 5.44. The molecule has 0 spiro atoms. The number of benzene rings is 2. The quantitative estimate of drug-likeness (QED) is 0.768. The zero-order chi connectivity index (χ0) is 15.9. The Bertz CT molecular complexity index is 623. The number of rotatable bonds is 6. The van der Waals surface area contributed by atoms with Crippen molar-refractivity contribution in [2.45, 2.75) is 26.5 Å². The second-order valence-electron chi connectivity index (χ2n) is 5.44. The van der Waals surface area contributed by atoms with Crippen LogP contribution < -0.4 is 10.6 Å². The highest BCUT2D eigenvalue weighted by atomic mass is 16.3. The minimum absolute atomic E-state index is 0.0767. The van der Waals surface area contributed by atoms with Crippen LogP contribution in [-0.4, -0.2) is 17.6 Å². The van der Waals surface area contributed by atoms with E-state index in [-0.39, 0.29) is 5.91 Å². The predicted molar refractivity (Wildman–Crippen MR) is 88.6 cm³/mol. The van der Waals surface area contributed by atoms with Crippen LogP contribution in [0.5, 0.6) is 0 Å². The summed E-state index contributed by atoms with van der Waals surface area (Å²) in [5.41, 5.74) is 3.96. The van der Waals surface area contributed by atoms with Crippen LogP contribution in [0.15, 0.2) is 48.5 Å². The molecule has 1 unspecified atom stereocenters. The standard InChI is InChI=1S/C18H22N2O2/c1-13-4-3-5-16(10-13)18(22)12-19-11-15-6-8-17(9-7-15)20-14(2)21/h3-10,18-19,22H,11-12H2,1-2H3,(H,20,21). The maximum atomic E-state index is 11.0. The Morgan fingerprint density at radius 2 is 1.91 bits per heavy atom. The molecule has 3 N–H and O–H groups in total. The van der Waals surface area contributed by atoms with E-state index in [9.17, 15) is 9.90 Å². The lowest BCUT2D eigenvalue weighted by Gasteiger charge is -2.13. The highest BCUT2D eigenvalue weighted by molar-refractivity contribution is 5.88. The molecule has 4 nitrogen and oxygen atoms in total. The average Bonchev–Trinajstić information content (AvgIpc) is 2.48. The van der Waals surface area contributed by atoms with Crippen LogP contribution in [0.1, 0.15) is 29.7 Å². The number of amides is 1. The Hall–Kier alpha value is -2.17. The van der Waals surface area contributed by atoms with Crippen LogP contribution in [-0.2, 0) is 11.3 Å². The smallest absolute Gasteiger partial charge is 0.221 e. The van der Waals surface area contributed by atoms with Gasteiger partial charge in [0.05, 0.1) is 6.10 Å². The van der Waals surface area contributed by atoms with E-state index in [1.807, 2.05) is 55.5 Å². The maximum Gasteiger partial charge on any atom is 0.221 e. The minimum atomic E-state index is -0.515. The molecule has 22 heavy (non-hydrogen) atoms. The van der Waals surface area contributed by atoms with Crippen molar-refractivity contribution in [1.82, 2.24) is 5.32 Å². The third-order valence-corrected chi connectivity index (χ3v) is 3.37. The van der Waals surface area contributed by atoms with Crippen molar-refractivity contribution in [3.63, 3.8) is 0 Å². The van der Waals surface area contributed by atoms with Crippen LogP contribution in [0.3, 0.4) is 0 Å². The first-order valence-electron chi connectivity index (χ1n) is 7.36. The van der Waals surface area contributed by atoms with E-state index in [0.717, 1.165) is 22.4 Å². The lowest BCUT2D eigenvalue weighted by Crippen LogP contribution is -2.21. The third-order valence-electron chi connectivity index (χ3n) is 3.37. The molecule has 2 aromatic rings. The van der Waals surface area contributed by atoms with E-state index in [2.05, 4.69) is 10.6 Å². The van der Waals surface area contributed by atoms with Crippen LogP contribution in [0.2, 0.25) is 0 Å². The normalized spacial score (nSPS) is 12.0. The zero-order valence-corrected chi connectivity index (χ0v) is 13.0. The maximum absolute atomic E-state index is 11.0. The van der Waals surface area contributed by atoms with Crippen molar-refractivity contribution in [2.75, 3.05) is 11.9 Å². The third kappa shape index (κ3) is 4.98. The largest absolute Gasteiger partial charge is 0.387 e. The number of anilines is 1. The van der Waals surface area contributed by atoms with E-state index in [1.54, 1.807) is 0 Å². The summed E-state index contributed by atoms with van der Waals surface area (Å²) in [7, 11) is 0. The first-order chi connectivity index (χ1) is 10.5. The van der Waals surface area contributed by atoms with Crippen molar-refractivity contribution in [1.29, 1.82) is 0 Å². The molecule has 0 fully saturated rings. The number of hydrogen-bond donors (Lipinski definition) is 3. The van der Waals surface area contributed by atoms with Crippen LogP contribution >= 0.6 is 0 Å². The number of aliphatic hydroxyl groups is 1. The van der Waals surface area contributed by atoms with Gasteiger partial charge in [-0.25, -0.2) is 0 Å². The molecule has 0 aliphatic rings.